The Bertz CT molecular complexity index is 674. The number of H-pyrrole nitrogens is 1. The van der Waals surface area contributed by atoms with Crippen molar-refractivity contribution in [3.05, 3.63) is 35.8 Å². The average molecular weight is 273 g/mol. The lowest BCUT2D eigenvalue weighted by molar-refractivity contribution is 0.211. The van der Waals surface area contributed by atoms with Crippen molar-refractivity contribution in [3.8, 4) is 11.3 Å². The summed E-state index contributed by atoms with van der Waals surface area (Å²) in [7, 11) is 1.70. The molecule has 4 nitrogen and oxygen atoms in total. The number of hydrogen-bond donors (Lipinski definition) is 2. The van der Waals surface area contributed by atoms with Crippen molar-refractivity contribution in [2.24, 2.45) is 0 Å². The number of aromatic nitrogens is 2. The van der Waals surface area contributed by atoms with Gasteiger partial charge in [0, 0.05) is 41.7 Å². The Morgan fingerprint density at radius 1 is 1.37 bits per heavy atom. The van der Waals surface area contributed by atoms with Crippen LogP contribution in [0.3, 0.4) is 0 Å². The van der Waals surface area contributed by atoms with E-state index in [1.54, 1.807) is 18.4 Å². The summed E-state index contributed by atoms with van der Waals surface area (Å²) in [6, 6.07) is 8.26. The zero-order valence-corrected chi connectivity index (χ0v) is 11.5. The number of methoxy groups -OCH3 is 1. The van der Waals surface area contributed by atoms with E-state index >= 15 is 0 Å². The zero-order chi connectivity index (χ0) is 13.1. The van der Waals surface area contributed by atoms with E-state index in [9.17, 15) is 0 Å². The summed E-state index contributed by atoms with van der Waals surface area (Å²) in [4.78, 5) is 7.88. The molecule has 2 aromatic heterocycles. The van der Waals surface area contributed by atoms with Gasteiger partial charge in [0.2, 0.25) is 0 Å². The summed E-state index contributed by atoms with van der Waals surface area (Å²) in [6.07, 6.45) is 2.01. The first-order valence-corrected chi connectivity index (χ1v) is 7.01. The molecule has 0 fully saturated rings. The van der Waals surface area contributed by atoms with Gasteiger partial charge in [0.05, 0.1) is 12.3 Å². The van der Waals surface area contributed by atoms with E-state index in [0.717, 1.165) is 28.5 Å². The molecule has 3 aromatic rings. The third kappa shape index (κ3) is 2.47. The highest BCUT2D eigenvalue weighted by Gasteiger charge is 2.09. The predicted molar refractivity (Wildman–Crippen MR) is 79.8 cm³/mol. The third-order valence-electron chi connectivity index (χ3n) is 2.95. The highest BCUT2D eigenvalue weighted by molar-refractivity contribution is 7.14. The Kier molecular flexibility index (Phi) is 3.48. The van der Waals surface area contributed by atoms with Crippen LogP contribution in [0.25, 0.3) is 22.2 Å². The van der Waals surface area contributed by atoms with Crippen molar-refractivity contribution in [3.63, 3.8) is 0 Å². The van der Waals surface area contributed by atoms with E-state index in [2.05, 4.69) is 32.8 Å². The van der Waals surface area contributed by atoms with Crippen molar-refractivity contribution in [1.82, 2.24) is 9.97 Å². The van der Waals surface area contributed by atoms with Crippen LogP contribution in [0, 0.1) is 0 Å². The largest absolute Gasteiger partial charge is 0.383 e. The van der Waals surface area contributed by atoms with Gasteiger partial charge in [0.1, 0.15) is 0 Å². The van der Waals surface area contributed by atoms with E-state index in [1.807, 2.05) is 18.3 Å². The van der Waals surface area contributed by atoms with Gasteiger partial charge in [-0.15, -0.1) is 11.3 Å². The molecule has 3 rings (SSSR count). The van der Waals surface area contributed by atoms with Gasteiger partial charge in [0.15, 0.2) is 5.13 Å². The molecule has 0 amide bonds. The fourth-order valence-corrected chi connectivity index (χ4v) is 2.76. The Morgan fingerprint density at radius 2 is 2.26 bits per heavy atom. The normalized spacial score (nSPS) is 11.0. The van der Waals surface area contributed by atoms with E-state index in [1.165, 1.54) is 5.39 Å². The molecule has 0 unspecified atom stereocenters. The molecule has 98 valence electrons. The molecule has 0 saturated carbocycles. The lowest BCUT2D eigenvalue weighted by atomic mass is 10.1. The molecule has 19 heavy (non-hydrogen) atoms. The minimum Gasteiger partial charge on any atom is -0.383 e. The number of para-hydroxylation sites is 1. The summed E-state index contributed by atoms with van der Waals surface area (Å²) in [5.41, 5.74) is 3.29. The topological polar surface area (TPSA) is 49.9 Å². The van der Waals surface area contributed by atoms with Crippen molar-refractivity contribution >= 4 is 27.4 Å². The quantitative estimate of drug-likeness (QED) is 0.701. The Labute approximate surface area is 115 Å². The van der Waals surface area contributed by atoms with Gasteiger partial charge < -0.3 is 15.0 Å². The van der Waals surface area contributed by atoms with Crippen molar-refractivity contribution in [2.45, 2.75) is 0 Å². The molecule has 0 atom stereocenters. The summed E-state index contributed by atoms with van der Waals surface area (Å²) in [5.74, 6) is 0. The molecular formula is C14H15N3OS. The fourth-order valence-electron chi connectivity index (χ4n) is 2.02. The van der Waals surface area contributed by atoms with E-state index in [-0.39, 0.29) is 0 Å². The summed E-state index contributed by atoms with van der Waals surface area (Å²) >= 11 is 1.62. The standard InChI is InChI=1S/C14H15N3OS/c1-18-7-6-15-14-17-13(9-19-14)11-8-16-12-5-3-2-4-10(11)12/h2-5,8-9,16H,6-7H2,1H3,(H,15,17). The van der Waals surface area contributed by atoms with Crippen LogP contribution >= 0.6 is 11.3 Å². The molecule has 0 radical (unpaired) electrons. The molecule has 0 bridgehead atoms. The number of anilines is 1. The van der Waals surface area contributed by atoms with E-state index in [0.29, 0.717) is 6.61 Å². The lowest BCUT2D eigenvalue weighted by Crippen LogP contribution is -2.06. The van der Waals surface area contributed by atoms with Gasteiger partial charge in [-0.3, -0.25) is 0 Å². The van der Waals surface area contributed by atoms with Crippen molar-refractivity contribution < 1.29 is 4.74 Å². The number of thiazole rings is 1. The summed E-state index contributed by atoms with van der Waals surface area (Å²) in [5, 5.41) is 7.46. The molecule has 0 spiro atoms. The van der Waals surface area contributed by atoms with E-state index < -0.39 is 0 Å². The number of hydrogen-bond acceptors (Lipinski definition) is 4. The highest BCUT2D eigenvalue weighted by Crippen LogP contribution is 2.30. The second kappa shape index (κ2) is 5.42. The molecule has 1 aromatic carbocycles. The van der Waals surface area contributed by atoms with E-state index in [4.69, 9.17) is 4.74 Å². The Morgan fingerprint density at radius 3 is 3.16 bits per heavy atom. The van der Waals surface area contributed by atoms with Crippen LogP contribution in [0.15, 0.2) is 35.8 Å². The summed E-state index contributed by atoms with van der Waals surface area (Å²) in [6.45, 7) is 1.46. The highest BCUT2D eigenvalue weighted by atomic mass is 32.1. The second-order valence-corrected chi connectivity index (χ2v) is 5.06. The third-order valence-corrected chi connectivity index (χ3v) is 3.75. The van der Waals surface area contributed by atoms with Crippen LogP contribution in [0.4, 0.5) is 5.13 Å². The number of aromatic amines is 1. The maximum atomic E-state index is 5.01. The molecule has 0 saturated heterocycles. The molecule has 0 aliphatic carbocycles. The van der Waals surface area contributed by atoms with Gasteiger partial charge in [-0.05, 0) is 6.07 Å². The fraction of sp³-hybridized carbons (Fsp3) is 0.214. The number of nitrogens with one attached hydrogen (secondary N) is 2. The van der Waals surface area contributed by atoms with Crippen LogP contribution in [0.5, 0.6) is 0 Å². The maximum Gasteiger partial charge on any atom is 0.183 e. The SMILES string of the molecule is COCCNc1nc(-c2c[nH]c3ccccc23)cs1. The minimum atomic E-state index is 0.683. The molecule has 5 heteroatoms. The first-order chi connectivity index (χ1) is 9.38. The first kappa shape index (κ1) is 12.2. The van der Waals surface area contributed by atoms with Crippen molar-refractivity contribution in [2.75, 3.05) is 25.6 Å². The number of nitrogens with zero attached hydrogens (tertiary/aromatic N) is 1. The number of ether oxygens (including phenoxy) is 1. The van der Waals surface area contributed by atoms with Crippen molar-refractivity contribution in [1.29, 1.82) is 0 Å². The van der Waals surface area contributed by atoms with Gasteiger partial charge in [0.25, 0.3) is 0 Å². The lowest BCUT2D eigenvalue weighted by Gasteiger charge is -1.99. The number of benzene rings is 1. The molecule has 0 aliphatic heterocycles. The summed E-state index contributed by atoms with van der Waals surface area (Å²) < 4.78 is 5.01. The molecular weight excluding hydrogens is 258 g/mol. The van der Waals surface area contributed by atoms with Crippen LogP contribution < -0.4 is 5.32 Å². The van der Waals surface area contributed by atoms with Crippen LogP contribution in [0.1, 0.15) is 0 Å². The monoisotopic (exact) mass is 273 g/mol. The number of rotatable bonds is 5. The van der Waals surface area contributed by atoms with Crippen LogP contribution in [0.2, 0.25) is 0 Å². The number of fused-ring (bicyclic) bond motifs is 1. The Hall–Kier alpha value is -1.85. The van der Waals surface area contributed by atoms with Gasteiger partial charge in [-0.2, -0.15) is 0 Å². The molecule has 0 aliphatic rings. The first-order valence-electron chi connectivity index (χ1n) is 6.13. The zero-order valence-electron chi connectivity index (χ0n) is 10.6. The smallest absolute Gasteiger partial charge is 0.183 e. The maximum absolute atomic E-state index is 5.01. The molecule has 2 heterocycles. The van der Waals surface area contributed by atoms with Gasteiger partial charge in [-0.1, -0.05) is 18.2 Å². The van der Waals surface area contributed by atoms with Gasteiger partial charge in [-0.25, -0.2) is 4.98 Å². The van der Waals surface area contributed by atoms with Crippen LogP contribution in [-0.2, 0) is 4.74 Å². The van der Waals surface area contributed by atoms with Gasteiger partial charge >= 0.3 is 0 Å². The minimum absolute atomic E-state index is 0.683. The second-order valence-electron chi connectivity index (χ2n) is 4.21. The Balaban J connectivity index is 1.86. The van der Waals surface area contributed by atoms with Crippen LogP contribution in [-0.4, -0.2) is 30.2 Å². The predicted octanol–water partition coefficient (Wildman–Crippen LogP) is 3.35. The molecule has 2 N–H and O–H groups in total. The average Bonchev–Trinajstić information content (AvgIpc) is 3.05.